The zero-order valence-electron chi connectivity index (χ0n) is 15.1. The molecule has 3 rings (SSSR count). The Morgan fingerprint density at radius 1 is 1.14 bits per heavy atom. The van der Waals surface area contributed by atoms with Crippen LogP contribution in [0.1, 0.15) is 15.9 Å². The molecule has 1 aromatic heterocycles. The summed E-state index contributed by atoms with van der Waals surface area (Å²) in [5.74, 6) is -0.715. The third-order valence-electron chi connectivity index (χ3n) is 3.87. The van der Waals surface area contributed by atoms with Gasteiger partial charge < -0.3 is 14.6 Å². The van der Waals surface area contributed by atoms with Crippen molar-refractivity contribution in [2.75, 3.05) is 18.2 Å². The average Bonchev–Trinajstić information content (AvgIpc) is 3.15. The van der Waals surface area contributed by atoms with Crippen molar-refractivity contribution >= 4 is 29.3 Å². The first-order valence-corrected chi connectivity index (χ1v) is 9.40. The number of carbonyl (C=O) groups excluding carboxylic acids is 2. The first kappa shape index (κ1) is 19.6. The van der Waals surface area contributed by atoms with Crippen molar-refractivity contribution in [2.45, 2.75) is 11.7 Å². The number of halogens is 1. The predicted molar refractivity (Wildman–Crippen MR) is 105 cm³/mol. The molecular formula is C20H18FN3O3S. The normalized spacial score (nSPS) is 10.5. The van der Waals surface area contributed by atoms with Crippen LogP contribution in [0.2, 0.25) is 0 Å². The van der Waals surface area contributed by atoms with Crippen LogP contribution < -0.4 is 5.32 Å². The van der Waals surface area contributed by atoms with Gasteiger partial charge in [0.2, 0.25) is 5.91 Å². The van der Waals surface area contributed by atoms with Gasteiger partial charge in [-0.15, -0.1) is 0 Å². The van der Waals surface area contributed by atoms with Gasteiger partial charge in [-0.1, -0.05) is 23.9 Å². The molecule has 6 nitrogen and oxygen atoms in total. The summed E-state index contributed by atoms with van der Waals surface area (Å²) in [5.41, 5.74) is 1.95. The lowest BCUT2D eigenvalue weighted by atomic mass is 10.2. The van der Waals surface area contributed by atoms with Crippen molar-refractivity contribution in [3.8, 4) is 0 Å². The SMILES string of the molecule is COC(=O)c1ccc(NC(=O)CSc2nccn2Cc2ccc(F)cc2)cc1. The average molecular weight is 399 g/mol. The minimum absolute atomic E-state index is 0.180. The number of ether oxygens (including phenoxy) is 1. The summed E-state index contributed by atoms with van der Waals surface area (Å²) < 4.78 is 19.6. The number of methoxy groups -OCH3 is 1. The number of imidazole rings is 1. The van der Waals surface area contributed by atoms with E-state index in [-0.39, 0.29) is 17.5 Å². The Morgan fingerprint density at radius 2 is 1.86 bits per heavy atom. The van der Waals surface area contributed by atoms with E-state index in [4.69, 9.17) is 0 Å². The van der Waals surface area contributed by atoms with Crippen LogP contribution in [0.4, 0.5) is 10.1 Å². The van der Waals surface area contributed by atoms with E-state index < -0.39 is 5.97 Å². The highest BCUT2D eigenvalue weighted by atomic mass is 32.2. The Bertz CT molecular complexity index is 956. The molecule has 0 saturated carbocycles. The third-order valence-corrected chi connectivity index (χ3v) is 4.87. The zero-order chi connectivity index (χ0) is 19.9. The number of nitrogens with one attached hydrogen (secondary N) is 1. The second-order valence-electron chi connectivity index (χ2n) is 5.87. The minimum Gasteiger partial charge on any atom is -0.465 e. The fraction of sp³-hybridized carbons (Fsp3) is 0.150. The molecule has 1 heterocycles. The first-order valence-electron chi connectivity index (χ1n) is 8.42. The number of benzene rings is 2. The number of hydrogen-bond acceptors (Lipinski definition) is 5. The van der Waals surface area contributed by atoms with E-state index >= 15 is 0 Å². The number of aromatic nitrogens is 2. The molecule has 144 valence electrons. The maximum Gasteiger partial charge on any atom is 0.337 e. The van der Waals surface area contributed by atoms with Gasteiger partial charge in [0.05, 0.1) is 18.4 Å². The van der Waals surface area contributed by atoms with Crippen LogP contribution in [0.5, 0.6) is 0 Å². The fourth-order valence-corrected chi connectivity index (χ4v) is 3.24. The van der Waals surface area contributed by atoms with Gasteiger partial charge in [-0.25, -0.2) is 14.2 Å². The molecule has 0 radical (unpaired) electrons. The smallest absolute Gasteiger partial charge is 0.337 e. The van der Waals surface area contributed by atoms with E-state index in [0.717, 1.165) is 5.56 Å². The zero-order valence-corrected chi connectivity index (χ0v) is 15.9. The van der Waals surface area contributed by atoms with E-state index in [2.05, 4.69) is 15.0 Å². The van der Waals surface area contributed by atoms with E-state index in [9.17, 15) is 14.0 Å². The van der Waals surface area contributed by atoms with Gasteiger partial charge in [-0.3, -0.25) is 4.79 Å². The highest BCUT2D eigenvalue weighted by Crippen LogP contribution is 2.18. The lowest BCUT2D eigenvalue weighted by Gasteiger charge is -2.08. The molecule has 8 heteroatoms. The maximum atomic E-state index is 13.0. The van der Waals surface area contributed by atoms with Gasteiger partial charge in [0, 0.05) is 24.6 Å². The van der Waals surface area contributed by atoms with Crippen LogP contribution in [0.25, 0.3) is 0 Å². The monoisotopic (exact) mass is 399 g/mol. The van der Waals surface area contributed by atoms with Crippen molar-refractivity contribution in [3.63, 3.8) is 0 Å². The number of nitrogens with zero attached hydrogens (tertiary/aromatic N) is 2. The summed E-state index contributed by atoms with van der Waals surface area (Å²) in [4.78, 5) is 27.9. The van der Waals surface area contributed by atoms with Gasteiger partial charge in [0.15, 0.2) is 5.16 Å². The van der Waals surface area contributed by atoms with E-state index in [1.165, 1.54) is 31.0 Å². The van der Waals surface area contributed by atoms with Crippen molar-refractivity contribution < 1.29 is 18.7 Å². The Hall–Kier alpha value is -3.13. The molecule has 0 saturated heterocycles. The molecule has 0 atom stereocenters. The molecule has 0 aliphatic heterocycles. The number of carbonyl (C=O) groups is 2. The molecule has 0 fully saturated rings. The molecule has 0 bridgehead atoms. The fourth-order valence-electron chi connectivity index (χ4n) is 2.48. The second-order valence-corrected chi connectivity index (χ2v) is 6.81. The van der Waals surface area contributed by atoms with Crippen LogP contribution in [0.3, 0.4) is 0 Å². The van der Waals surface area contributed by atoms with Crippen LogP contribution in [-0.4, -0.2) is 34.3 Å². The summed E-state index contributed by atoms with van der Waals surface area (Å²) in [6, 6.07) is 12.7. The number of anilines is 1. The molecule has 28 heavy (non-hydrogen) atoms. The van der Waals surface area contributed by atoms with Gasteiger partial charge in [-0.05, 0) is 42.0 Å². The molecule has 0 aliphatic rings. The molecule has 0 unspecified atom stereocenters. The highest BCUT2D eigenvalue weighted by molar-refractivity contribution is 7.99. The van der Waals surface area contributed by atoms with Gasteiger partial charge in [0.1, 0.15) is 5.82 Å². The Balaban J connectivity index is 1.54. The molecule has 2 aromatic carbocycles. The topological polar surface area (TPSA) is 73.2 Å². The number of esters is 1. The lowest BCUT2D eigenvalue weighted by Crippen LogP contribution is -2.15. The molecule has 1 N–H and O–H groups in total. The van der Waals surface area contributed by atoms with Crippen LogP contribution in [0.15, 0.2) is 66.1 Å². The summed E-state index contributed by atoms with van der Waals surface area (Å²) in [6.45, 7) is 0.541. The third kappa shape index (κ3) is 5.20. The standard InChI is InChI=1S/C20H18FN3O3S/c1-27-19(26)15-4-8-17(9-5-15)23-18(25)13-28-20-22-10-11-24(20)12-14-2-6-16(21)7-3-14/h2-11H,12-13H2,1H3,(H,23,25). The summed E-state index contributed by atoms with van der Waals surface area (Å²) in [5, 5.41) is 3.47. The molecule has 0 spiro atoms. The van der Waals surface area contributed by atoms with E-state index in [1.807, 2.05) is 10.8 Å². The Morgan fingerprint density at radius 3 is 2.54 bits per heavy atom. The van der Waals surface area contributed by atoms with Gasteiger partial charge in [-0.2, -0.15) is 0 Å². The van der Waals surface area contributed by atoms with Crippen molar-refractivity contribution in [1.82, 2.24) is 9.55 Å². The van der Waals surface area contributed by atoms with Crippen molar-refractivity contribution in [1.29, 1.82) is 0 Å². The quantitative estimate of drug-likeness (QED) is 0.486. The van der Waals surface area contributed by atoms with E-state index in [0.29, 0.717) is 23.0 Å². The summed E-state index contributed by atoms with van der Waals surface area (Å²) in [7, 11) is 1.31. The van der Waals surface area contributed by atoms with Crippen LogP contribution in [0, 0.1) is 5.82 Å². The van der Waals surface area contributed by atoms with Crippen molar-refractivity contribution in [2.24, 2.45) is 0 Å². The molecule has 3 aromatic rings. The largest absolute Gasteiger partial charge is 0.465 e. The van der Waals surface area contributed by atoms with Gasteiger partial charge >= 0.3 is 5.97 Å². The first-order chi connectivity index (χ1) is 13.5. The van der Waals surface area contributed by atoms with Crippen LogP contribution in [-0.2, 0) is 16.1 Å². The van der Waals surface area contributed by atoms with Gasteiger partial charge in [0.25, 0.3) is 0 Å². The molecule has 0 aliphatic carbocycles. The lowest BCUT2D eigenvalue weighted by molar-refractivity contribution is -0.113. The predicted octanol–water partition coefficient (Wildman–Crippen LogP) is 3.59. The van der Waals surface area contributed by atoms with Crippen molar-refractivity contribution in [3.05, 3.63) is 77.9 Å². The second kappa shape index (κ2) is 9.18. The highest BCUT2D eigenvalue weighted by Gasteiger charge is 2.10. The van der Waals surface area contributed by atoms with E-state index in [1.54, 1.807) is 42.6 Å². The number of amides is 1. The molecule has 1 amide bonds. The number of rotatable bonds is 7. The summed E-state index contributed by atoms with van der Waals surface area (Å²) >= 11 is 1.31. The number of hydrogen-bond donors (Lipinski definition) is 1. The Labute approximate surface area is 165 Å². The maximum absolute atomic E-state index is 13.0. The van der Waals surface area contributed by atoms with Crippen LogP contribution >= 0.6 is 11.8 Å². The number of thioether (sulfide) groups is 1. The molecular weight excluding hydrogens is 381 g/mol. The summed E-state index contributed by atoms with van der Waals surface area (Å²) in [6.07, 6.45) is 3.48. The Kier molecular flexibility index (Phi) is 6.44. The minimum atomic E-state index is -0.429.